The number of carbonyl (C=O) groups excluding carboxylic acids is 1. The van der Waals surface area contributed by atoms with Crippen LogP contribution in [0.2, 0.25) is 0 Å². The zero-order valence-corrected chi connectivity index (χ0v) is 12.8. The number of carbonyl (C=O) groups is 2. The van der Waals surface area contributed by atoms with Crippen molar-refractivity contribution < 1.29 is 14.7 Å². The quantitative estimate of drug-likeness (QED) is 0.794. The van der Waals surface area contributed by atoms with Crippen LogP contribution in [0.4, 0.5) is 0 Å². The normalized spacial score (nSPS) is 15.3. The molecule has 0 aliphatic heterocycles. The molecule has 2 aromatic heterocycles. The summed E-state index contributed by atoms with van der Waals surface area (Å²) >= 11 is 0. The van der Waals surface area contributed by atoms with E-state index in [1.54, 1.807) is 0 Å². The summed E-state index contributed by atoms with van der Waals surface area (Å²) in [5.74, 6) is -0.702. The standard InChI is InChI=1S/C15H19N5O3/c1-10(15(22)23)20-8-5-13(18-20)14(21)16-6-9-19-7-4-12(17-19)11-2-3-11/h4-5,7-8,10-11H,2-3,6,9H2,1H3,(H,16,21)(H,22,23). The second-order valence-electron chi connectivity index (χ2n) is 5.73. The van der Waals surface area contributed by atoms with E-state index in [9.17, 15) is 9.59 Å². The van der Waals surface area contributed by atoms with Gasteiger partial charge in [0.15, 0.2) is 0 Å². The molecular formula is C15H19N5O3. The van der Waals surface area contributed by atoms with Crippen LogP contribution in [0, 0.1) is 0 Å². The van der Waals surface area contributed by atoms with E-state index in [1.807, 2.05) is 16.9 Å². The molecule has 1 amide bonds. The summed E-state index contributed by atoms with van der Waals surface area (Å²) in [6, 6.07) is 2.73. The average molecular weight is 317 g/mol. The van der Waals surface area contributed by atoms with E-state index >= 15 is 0 Å². The number of amides is 1. The van der Waals surface area contributed by atoms with E-state index in [4.69, 9.17) is 5.11 Å². The number of rotatable bonds is 7. The van der Waals surface area contributed by atoms with Crippen LogP contribution in [0.15, 0.2) is 24.5 Å². The van der Waals surface area contributed by atoms with Crippen LogP contribution in [-0.2, 0) is 11.3 Å². The molecule has 2 N–H and O–H groups in total. The van der Waals surface area contributed by atoms with Gasteiger partial charge in [-0.3, -0.25) is 14.2 Å². The van der Waals surface area contributed by atoms with E-state index in [0.717, 1.165) is 5.69 Å². The van der Waals surface area contributed by atoms with Gasteiger partial charge in [-0.25, -0.2) is 4.79 Å². The number of carboxylic acid groups (broad SMARTS) is 1. The molecule has 0 bridgehead atoms. The molecule has 23 heavy (non-hydrogen) atoms. The number of nitrogens with one attached hydrogen (secondary N) is 1. The molecule has 0 saturated heterocycles. The van der Waals surface area contributed by atoms with E-state index in [-0.39, 0.29) is 11.6 Å². The van der Waals surface area contributed by atoms with Gasteiger partial charge in [0.25, 0.3) is 5.91 Å². The van der Waals surface area contributed by atoms with Crippen LogP contribution in [0.1, 0.15) is 47.9 Å². The number of aromatic nitrogens is 4. The van der Waals surface area contributed by atoms with Gasteiger partial charge in [-0.1, -0.05) is 0 Å². The summed E-state index contributed by atoms with van der Waals surface area (Å²) in [5, 5.41) is 20.1. The molecule has 8 heteroatoms. The van der Waals surface area contributed by atoms with Crippen LogP contribution in [0.5, 0.6) is 0 Å². The second-order valence-corrected chi connectivity index (χ2v) is 5.73. The van der Waals surface area contributed by atoms with E-state index < -0.39 is 12.0 Å². The summed E-state index contributed by atoms with van der Waals surface area (Å²) in [4.78, 5) is 22.9. The highest BCUT2D eigenvalue weighted by molar-refractivity contribution is 5.92. The van der Waals surface area contributed by atoms with Gasteiger partial charge in [0, 0.05) is 24.9 Å². The first-order chi connectivity index (χ1) is 11.0. The molecule has 1 aliphatic rings. The van der Waals surface area contributed by atoms with Gasteiger partial charge in [0.1, 0.15) is 11.7 Å². The fourth-order valence-electron chi connectivity index (χ4n) is 2.26. The van der Waals surface area contributed by atoms with Gasteiger partial charge in [0.2, 0.25) is 0 Å². The van der Waals surface area contributed by atoms with Gasteiger partial charge < -0.3 is 10.4 Å². The lowest BCUT2D eigenvalue weighted by Crippen LogP contribution is -2.28. The van der Waals surface area contributed by atoms with E-state index in [2.05, 4.69) is 15.5 Å². The zero-order chi connectivity index (χ0) is 16.4. The number of nitrogens with zero attached hydrogens (tertiary/aromatic N) is 4. The molecule has 0 spiro atoms. The molecule has 3 rings (SSSR count). The van der Waals surface area contributed by atoms with Crippen molar-refractivity contribution in [3.8, 4) is 0 Å². The smallest absolute Gasteiger partial charge is 0.328 e. The molecule has 2 aromatic rings. The topological polar surface area (TPSA) is 102 Å². The Labute approximate surface area is 133 Å². The van der Waals surface area contributed by atoms with Crippen molar-refractivity contribution in [2.75, 3.05) is 6.54 Å². The first-order valence-electron chi connectivity index (χ1n) is 7.64. The molecule has 1 aliphatic carbocycles. The fourth-order valence-corrected chi connectivity index (χ4v) is 2.26. The Morgan fingerprint density at radius 3 is 2.83 bits per heavy atom. The molecule has 2 heterocycles. The van der Waals surface area contributed by atoms with E-state index in [0.29, 0.717) is 19.0 Å². The lowest BCUT2D eigenvalue weighted by Gasteiger charge is -2.06. The molecule has 0 radical (unpaired) electrons. The Morgan fingerprint density at radius 1 is 1.35 bits per heavy atom. The van der Waals surface area contributed by atoms with Crippen LogP contribution >= 0.6 is 0 Å². The Balaban J connectivity index is 1.49. The zero-order valence-electron chi connectivity index (χ0n) is 12.8. The molecule has 122 valence electrons. The maximum absolute atomic E-state index is 12.0. The van der Waals surface area contributed by atoms with Crippen molar-refractivity contribution in [1.29, 1.82) is 0 Å². The third kappa shape index (κ3) is 3.58. The van der Waals surface area contributed by atoms with Gasteiger partial charge in [-0.2, -0.15) is 10.2 Å². The van der Waals surface area contributed by atoms with Crippen LogP contribution in [0.3, 0.4) is 0 Å². The van der Waals surface area contributed by atoms with Crippen LogP contribution in [-0.4, -0.2) is 43.1 Å². The molecule has 8 nitrogen and oxygen atoms in total. The SMILES string of the molecule is CC(C(=O)O)n1ccc(C(=O)NCCn2ccc(C3CC3)n2)n1. The monoisotopic (exact) mass is 317 g/mol. The maximum atomic E-state index is 12.0. The van der Waals surface area contributed by atoms with Crippen molar-refractivity contribution in [2.24, 2.45) is 0 Å². The summed E-state index contributed by atoms with van der Waals surface area (Å²) < 4.78 is 3.08. The predicted molar refractivity (Wildman–Crippen MR) is 81.1 cm³/mol. The minimum absolute atomic E-state index is 0.206. The molecule has 1 atom stereocenters. The average Bonchev–Trinajstić information content (AvgIpc) is 3.08. The third-order valence-electron chi connectivity index (χ3n) is 3.88. The largest absolute Gasteiger partial charge is 0.480 e. The minimum Gasteiger partial charge on any atom is -0.480 e. The molecule has 1 fully saturated rings. The third-order valence-corrected chi connectivity index (χ3v) is 3.88. The van der Waals surface area contributed by atoms with Gasteiger partial charge in [-0.15, -0.1) is 0 Å². The minimum atomic E-state index is -0.995. The maximum Gasteiger partial charge on any atom is 0.328 e. The lowest BCUT2D eigenvalue weighted by atomic mass is 10.3. The Bertz CT molecular complexity index is 716. The number of hydrogen-bond acceptors (Lipinski definition) is 4. The summed E-state index contributed by atoms with van der Waals surface area (Å²) in [5.41, 5.74) is 1.33. The molecule has 0 aromatic carbocycles. The van der Waals surface area contributed by atoms with E-state index in [1.165, 1.54) is 36.7 Å². The predicted octanol–water partition coefficient (Wildman–Crippen LogP) is 1.03. The van der Waals surface area contributed by atoms with Gasteiger partial charge >= 0.3 is 5.97 Å². The van der Waals surface area contributed by atoms with Gasteiger partial charge in [-0.05, 0) is 31.9 Å². The summed E-state index contributed by atoms with van der Waals surface area (Å²) in [6.45, 7) is 2.53. The lowest BCUT2D eigenvalue weighted by molar-refractivity contribution is -0.140. The van der Waals surface area contributed by atoms with Crippen molar-refractivity contribution in [1.82, 2.24) is 24.9 Å². The van der Waals surface area contributed by atoms with Crippen molar-refractivity contribution in [3.63, 3.8) is 0 Å². The fraction of sp³-hybridized carbons (Fsp3) is 0.467. The van der Waals surface area contributed by atoms with Crippen molar-refractivity contribution >= 4 is 11.9 Å². The van der Waals surface area contributed by atoms with Gasteiger partial charge in [0.05, 0.1) is 12.2 Å². The number of carboxylic acids is 1. The molecule has 1 unspecified atom stereocenters. The first-order valence-corrected chi connectivity index (χ1v) is 7.64. The highest BCUT2D eigenvalue weighted by Gasteiger charge is 2.25. The highest BCUT2D eigenvalue weighted by atomic mass is 16.4. The Kier molecular flexibility index (Phi) is 4.14. The highest BCUT2D eigenvalue weighted by Crippen LogP contribution is 2.38. The van der Waals surface area contributed by atoms with Crippen LogP contribution in [0.25, 0.3) is 0 Å². The van der Waals surface area contributed by atoms with Crippen molar-refractivity contribution in [3.05, 3.63) is 35.9 Å². The number of hydrogen-bond donors (Lipinski definition) is 2. The van der Waals surface area contributed by atoms with Crippen LogP contribution < -0.4 is 5.32 Å². The molecular weight excluding hydrogens is 298 g/mol. The Morgan fingerprint density at radius 2 is 2.13 bits per heavy atom. The molecule has 1 saturated carbocycles. The summed E-state index contributed by atoms with van der Waals surface area (Å²) in [6.07, 6.45) is 5.84. The summed E-state index contributed by atoms with van der Waals surface area (Å²) in [7, 11) is 0. The first kappa shape index (κ1) is 15.3. The second kappa shape index (κ2) is 6.23. The number of aliphatic carboxylic acids is 1. The Hall–Kier alpha value is -2.64. The van der Waals surface area contributed by atoms with Crippen molar-refractivity contribution in [2.45, 2.75) is 38.3 Å².